The van der Waals surface area contributed by atoms with E-state index < -0.39 is 0 Å². The number of para-hydroxylation sites is 1. The average molecular weight is 295 g/mol. The number of fused-ring (bicyclic) bond motifs is 2. The molecule has 0 spiro atoms. The van der Waals surface area contributed by atoms with Crippen LogP contribution in [0.1, 0.15) is 29.7 Å². The van der Waals surface area contributed by atoms with Crippen molar-refractivity contribution in [2.75, 3.05) is 25.6 Å². The van der Waals surface area contributed by atoms with Crippen LogP contribution in [0.4, 0.5) is 5.95 Å². The third-order valence-corrected chi connectivity index (χ3v) is 4.54. The second kappa shape index (κ2) is 5.27. The van der Waals surface area contributed by atoms with Gasteiger partial charge in [-0.05, 0) is 37.3 Å². The van der Waals surface area contributed by atoms with Gasteiger partial charge in [0.2, 0.25) is 5.95 Å². The molecule has 0 saturated heterocycles. The Morgan fingerprint density at radius 1 is 1.05 bits per heavy atom. The van der Waals surface area contributed by atoms with Crippen molar-refractivity contribution < 1.29 is 4.74 Å². The molecule has 0 unspecified atom stereocenters. The summed E-state index contributed by atoms with van der Waals surface area (Å²) in [6.45, 7) is 0.778. The van der Waals surface area contributed by atoms with Gasteiger partial charge in [-0.3, -0.25) is 0 Å². The van der Waals surface area contributed by atoms with Crippen molar-refractivity contribution in [2.45, 2.75) is 32.1 Å². The van der Waals surface area contributed by atoms with Crippen LogP contribution in [0.2, 0.25) is 0 Å². The molecule has 0 radical (unpaired) electrons. The molecule has 4 heteroatoms. The predicted octanol–water partition coefficient (Wildman–Crippen LogP) is 3.02. The molecule has 4 nitrogen and oxygen atoms in total. The highest BCUT2D eigenvalue weighted by Crippen LogP contribution is 2.39. The molecule has 22 heavy (non-hydrogen) atoms. The van der Waals surface area contributed by atoms with E-state index in [-0.39, 0.29) is 0 Å². The van der Waals surface area contributed by atoms with Gasteiger partial charge in [-0.2, -0.15) is 0 Å². The number of anilines is 1. The standard InChI is InChI=1S/C18H21N3O/c1-21(2)18-19-15-9-4-3-7-13(15)16(20-18)14-8-5-6-12-10-11-22-17(12)14/h5-6,8H,3-4,7,9-11H2,1-2H3. The Labute approximate surface area is 131 Å². The minimum Gasteiger partial charge on any atom is -0.492 e. The molecule has 2 aromatic rings. The van der Waals surface area contributed by atoms with E-state index >= 15 is 0 Å². The molecule has 0 saturated carbocycles. The molecule has 0 fully saturated rings. The Bertz CT molecular complexity index is 725. The summed E-state index contributed by atoms with van der Waals surface area (Å²) in [5, 5.41) is 0. The van der Waals surface area contributed by atoms with Crippen LogP contribution in [-0.2, 0) is 19.3 Å². The molecule has 4 rings (SSSR count). The van der Waals surface area contributed by atoms with Crippen LogP contribution in [0.25, 0.3) is 11.3 Å². The van der Waals surface area contributed by atoms with Crippen LogP contribution >= 0.6 is 0 Å². The van der Waals surface area contributed by atoms with E-state index in [1.165, 1.54) is 29.7 Å². The Morgan fingerprint density at radius 2 is 1.91 bits per heavy atom. The normalized spacial score (nSPS) is 15.9. The number of ether oxygens (including phenoxy) is 1. The monoisotopic (exact) mass is 295 g/mol. The van der Waals surface area contributed by atoms with Crippen molar-refractivity contribution in [1.82, 2.24) is 9.97 Å². The van der Waals surface area contributed by atoms with E-state index in [1.807, 2.05) is 19.0 Å². The van der Waals surface area contributed by atoms with E-state index in [0.717, 1.165) is 48.8 Å². The van der Waals surface area contributed by atoms with Crippen LogP contribution in [0.5, 0.6) is 5.75 Å². The van der Waals surface area contributed by atoms with Crippen molar-refractivity contribution in [3.8, 4) is 17.0 Å². The second-order valence-electron chi connectivity index (χ2n) is 6.29. The van der Waals surface area contributed by atoms with E-state index in [4.69, 9.17) is 14.7 Å². The predicted molar refractivity (Wildman–Crippen MR) is 87.6 cm³/mol. The van der Waals surface area contributed by atoms with E-state index in [0.29, 0.717) is 0 Å². The van der Waals surface area contributed by atoms with Crippen molar-refractivity contribution >= 4 is 5.95 Å². The fraction of sp³-hybridized carbons (Fsp3) is 0.444. The summed E-state index contributed by atoms with van der Waals surface area (Å²) in [4.78, 5) is 11.6. The van der Waals surface area contributed by atoms with Crippen molar-refractivity contribution in [3.63, 3.8) is 0 Å². The maximum atomic E-state index is 5.90. The van der Waals surface area contributed by atoms with Crippen LogP contribution in [0.15, 0.2) is 18.2 Å². The van der Waals surface area contributed by atoms with Crippen LogP contribution in [0, 0.1) is 0 Å². The van der Waals surface area contributed by atoms with Gasteiger partial charge < -0.3 is 9.64 Å². The first-order valence-electron chi connectivity index (χ1n) is 8.06. The average Bonchev–Trinajstić information content (AvgIpc) is 3.02. The van der Waals surface area contributed by atoms with E-state index in [2.05, 4.69) is 18.2 Å². The maximum Gasteiger partial charge on any atom is 0.225 e. The summed E-state index contributed by atoms with van der Waals surface area (Å²) in [6, 6.07) is 6.42. The maximum absolute atomic E-state index is 5.90. The number of hydrogen-bond acceptors (Lipinski definition) is 4. The molecule has 0 N–H and O–H groups in total. The molecule has 114 valence electrons. The number of aromatic nitrogens is 2. The molecule has 0 atom stereocenters. The minimum atomic E-state index is 0.778. The van der Waals surface area contributed by atoms with Gasteiger partial charge in [0, 0.05) is 37.3 Å². The van der Waals surface area contributed by atoms with Gasteiger partial charge in [0.15, 0.2) is 0 Å². The molecule has 1 aliphatic heterocycles. The Balaban J connectivity index is 1.94. The van der Waals surface area contributed by atoms with E-state index in [9.17, 15) is 0 Å². The van der Waals surface area contributed by atoms with Gasteiger partial charge in [-0.1, -0.05) is 12.1 Å². The zero-order chi connectivity index (χ0) is 15.1. The Morgan fingerprint density at radius 3 is 2.77 bits per heavy atom. The molecule has 1 aromatic heterocycles. The number of hydrogen-bond donors (Lipinski definition) is 0. The molecule has 2 aliphatic rings. The van der Waals surface area contributed by atoms with E-state index in [1.54, 1.807) is 0 Å². The molecular weight excluding hydrogens is 274 g/mol. The first kappa shape index (κ1) is 13.6. The fourth-order valence-electron chi connectivity index (χ4n) is 3.41. The fourth-order valence-corrected chi connectivity index (χ4v) is 3.41. The smallest absolute Gasteiger partial charge is 0.225 e. The van der Waals surface area contributed by atoms with Gasteiger partial charge >= 0.3 is 0 Å². The summed E-state index contributed by atoms with van der Waals surface area (Å²) in [5.74, 6) is 1.82. The Kier molecular flexibility index (Phi) is 3.25. The highest BCUT2D eigenvalue weighted by atomic mass is 16.5. The summed E-state index contributed by atoms with van der Waals surface area (Å²) >= 11 is 0. The first-order valence-corrected chi connectivity index (χ1v) is 8.06. The number of benzene rings is 1. The lowest BCUT2D eigenvalue weighted by atomic mass is 9.91. The van der Waals surface area contributed by atoms with Crippen molar-refractivity contribution in [3.05, 3.63) is 35.0 Å². The summed E-state index contributed by atoms with van der Waals surface area (Å²) in [5.41, 5.74) is 6.05. The Hall–Kier alpha value is -2.10. The van der Waals surface area contributed by atoms with Gasteiger partial charge in [-0.15, -0.1) is 0 Å². The quantitative estimate of drug-likeness (QED) is 0.853. The van der Waals surface area contributed by atoms with Gasteiger partial charge in [0.05, 0.1) is 12.3 Å². The zero-order valence-electron chi connectivity index (χ0n) is 13.2. The van der Waals surface area contributed by atoms with Gasteiger partial charge in [0.25, 0.3) is 0 Å². The second-order valence-corrected chi connectivity index (χ2v) is 6.29. The topological polar surface area (TPSA) is 38.2 Å². The molecule has 1 aromatic carbocycles. The van der Waals surface area contributed by atoms with Crippen LogP contribution < -0.4 is 9.64 Å². The lowest BCUT2D eigenvalue weighted by Crippen LogP contribution is -2.17. The third kappa shape index (κ3) is 2.14. The lowest BCUT2D eigenvalue weighted by Gasteiger charge is -2.22. The summed E-state index contributed by atoms with van der Waals surface area (Å²) < 4.78 is 5.90. The van der Waals surface area contributed by atoms with Crippen LogP contribution in [-0.4, -0.2) is 30.7 Å². The number of rotatable bonds is 2. The summed E-state index contributed by atoms with van der Waals surface area (Å²) in [7, 11) is 4.00. The highest BCUT2D eigenvalue weighted by Gasteiger charge is 2.24. The largest absolute Gasteiger partial charge is 0.492 e. The molecule has 2 heterocycles. The molecule has 1 aliphatic carbocycles. The number of aryl methyl sites for hydroxylation is 1. The third-order valence-electron chi connectivity index (χ3n) is 4.54. The zero-order valence-corrected chi connectivity index (χ0v) is 13.2. The summed E-state index contributed by atoms with van der Waals surface area (Å²) in [6.07, 6.45) is 5.57. The number of nitrogens with zero attached hydrogens (tertiary/aromatic N) is 3. The van der Waals surface area contributed by atoms with Gasteiger partial charge in [-0.25, -0.2) is 9.97 Å². The highest BCUT2D eigenvalue weighted by molar-refractivity contribution is 5.74. The SMILES string of the molecule is CN(C)c1nc2c(c(-c3cccc4c3OCC4)n1)CCCC2. The molecular formula is C18H21N3O. The lowest BCUT2D eigenvalue weighted by molar-refractivity contribution is 0.358. The molecule has 0 bridgehead atoms. The van der Waals surface area contributed by atoms with Crippen molar-refractivity contribution in [1.29, 1.82) is 0 Å². The van der Waals surface area contributed by atoms with Gasteiger partial charge in [0.1, 0.15) is 5.75 Å². The van der Waals surface area contributed by atoms with Crippen molar-refractivity contribution in [2.24, 2.45) is 0 Å². The van der Waals surface area contributed by atoms with Crippen LogP contribution in [0.3, 0.4) is 0 Å². The minimum absolute atomic E-state index is 0.778. The first-order chi connectivity index (χ1) is 10.7. The molecule has 0 amide bonds.